The number of aromatic amines is 1. The van der Waals surface area contributed by atoms with Crippen molar-refractivity contribution < 1.29 is 0 Å². The lowest BCUT2D eigenvalue weighted by Gasteiger charge is -2.35. The summed E-state index contributed by atoms with van der Waals surface area (Å²) in [5.74, 6) is 0.727. The van der Waals surface area contributed by atoms with Crippen LogP contribution < -0.4 is 0 Å². The molecule has 6 nitrogen and oxygen atoms in total. The van der Waals surface area contributed by atoms with Crippen LogP contribution in [0.4, 0.5) is 0 Å². The molecule has 0 fully saturated rings. The Labute approximate surface area is 148 Å². The van der Waals surface area contributed by atoms with Crippen LogP contribution in [-0.2, 0) is 13.0 Å². The molecule has 0 aromatic carbocycles. The monoisotopic (exact) mass is 336 g/mol. The van der Waals surface area contributed by atoms with Crippen LogP contribution >= 0.6 is 0 Å². The Bertz CT molecular complexity index is 806. The summed E-state index contributed by atoms with van der Waals surface area (Å²) < 4.78 is 2.08. The van der Waals surface area contributed by atoms with Gasteiger partial charge in [-0.05, 0) is 24.6 Å². The molecule has 4 heterocycles. The van der Waals surface area contributed by atoms with Gasteiger partial charge in [-0.3, -0.25) is 9.47 Å². The van der Waals surface area contributed by atoms with Gasteiger partial charge in [0.25, 0.3) is 0 Å². The molecule has 0 unspecified atom stereocenters. The smallest absolute Gasteiger partial charge is 0.233 e. The number of imidazole rings is 1. The zero-order valence-electron chi connectivity index (χ0n) is 14.6. The van der Waals surface area contributed by atoms with Crippen molar-refractivity contribution in [1.82, 2.24) is 29.4 Å². The zero-order valence-corrected chi connectivity index (χ0v) is 14.6. The normalized spacial score (nSPS) is 17.6. The topological polar surface area (TPSA) is 62.6 Å². The van der Waals surface area contributed by atoms with E-state index in [0.717, 1.165) is 31.9 Å². The number of nitrogens with one attached hydrogen (secondary N) is 1. The van der Waals surface area contributed by atoms with Crippen molar-refractivity contribution in [3.63, 3.8) is 0 Å². The van der Waals surface area contributed by atoms with E-state index < -0.39 is 0 Å². The lowest BCUT2D eigenvalue weighted by Crippen LogP contribution is -2.35. The summed E-state index contributed by atoms with van der Waals surface area (Å²) in [5.41, 5.74) is 3.75. The summed E-state index contributed by atoms with van der Waals surface area (Å²) in [6.07, 6.45) is 12.1. The van der Waals surface area contributed by atoms with Crippen molar-refractivity contribution >= 4 is 0 Å². The summed E-state index contributed by atoms with van der Waals surface area (Å²) >= 11 is 0. The third kappa shape index (κ3) is 3.22. The molecular weight excluding hydrogens is 312 g/mol. The van der Waals surface area contributed by atoms with Crippen molar-refractivity contribution in [2.24, 2.45) is 0 Å². The lowest BCUT2D eigenvalue weighted by molar-refractivity contribution is 0.157. The Kier molecular flexibility index (Phi) is 4.61. The van der Waals surface area contributed by atoms with E-state index in [-0.39, 0.29) is 0 Å². The third-order valence-corrected chi connectivity index (χ3v) is 4.95. The van der Waals surface area contributed by atoms with Gasteiger partial charge in [0.05, 0.1) is 18.1 Å². The first-order valence-corrected chi connectivity index (χ1v) is 9.06. The van der Waals surface area contributed by atoms with E-state index in [2.05, 4.69) is 48.5 Å². The van der Waals surface area contributed by atoms with E-state index in [1.807, 2.05) is 18.6 Å². The summed E-state index contributed by atoms with van der Waals surface area (Å²) in [5, 5.41) is 0. The van der Waals surface area contributed by atoms with Crippen LogP contribution in [0, 0.1) is 0 Å². The third-order valence-electron chi connectivity index (χ3n) is 4.95. The summed E-state index contributed by atoms with van der Waals surface area (Å²) in [6.45, 7) is 4.17. The largest absolute Gasteiger partial charge is 0.348 e. The maximum Gasteiger partial charge on any atom is 0.233 e. The molecule has 1 aliphatic heterocycles. The zero-order chi connectivity index (χ0) is 17.1. The highest BCUT2D eigenvalue weighted by atomic mass is 15.2. The molecule has 0 spiro atoms. The number of H-pyrrole nitrogens is 1. The molecule has 3 aromatic heterocycles. The van der Waals surface area contributed by atoms with Gasteiger partial charge in [0.2, 0.25) is 5.95 Å². The number of fused-ring (bicyclic) bond motifs is 1. The summed E-state index contributed by atoms with van der Waals surface area (Å²) in [6, 6.07) is 6.45. The molecule has 1 N–H and O–H groups in total. The van der Waals surface area contributed by atoms with Gasteiger partial charge in [-0.1, -0.05) is 19.8 Å². The molecule has 0 bridgehead atoms. The van der Waals surface area contributed by atoms with Crippen LogP contribution in [0.15, 0.2) is 43.1 Å². The standard InChI is InChI=1S/C19H24N6/c1-2-3-7-17-18-16(22-14-23-18)8-12-24(17)13-15-6-4-11-25(15)19-20-9-5-10-21-19/h4-6,9-11,14,17H,2-3,7-8,12-13H2,1H3,(H,22,23)/t17-/m0/s1. The van der Waals surface area contributed by atoms with Crippen LogP contribution in [0.3, 0.4) is 0 Å². The van der Waals surface area contributed by atoms with Crippen molar-refractivity contribution in [1.29, 1.82) is 0 Å². The number of nitrogens with zero attached hydrogens (tertiary/aromatic N) is 5. The number of rotatable bonds is 6. The molecule has 3 aromatic rings. The van der Waals surface area contributed by atoms with E-state index in [9.17, 15) is 0 Å². The molecule has 6 heteroatoms. The first-order valence-electron chi connectivity index (χ1n) is 9.06. The highest BCUT2D eigenvalue weighted by molar-refractivity contribution is 5.23. The Hall–Kier alpha value is -2.47. The van der Waals surface area contributed by atoms with Gasteiger partial charge in [-0.2, -0.15) is 0 Å². The van der Waals surface area contributed by atoms with Crippen molar-refractivity contribution in [2.45, 2.75) is 45.2 Å². The number of hydrogen-bond acceptors (Lipinski definition) is 4. The maximum atomic E-state index is 4.62. The average molecular weight is 336 g/mol. The predicted octanol–water partition coefficient (Wildman–Crippen LogP) is 3.28. The van der Waals surface area contributed by atoms with Crippen LogP contribution in [0.1, 0.15) is 49.3 Å². The molecule has 0 aliphatic carbocycles. The van der Waals surface area contributed by atoms with Crippen LogP contribution in [0.5, 0.6) is 0 Å². The van der Waals surface area contributed by atoms with Crippen molar-refractivity contribution in [2.75, 3.05) is 6.54 Å². The SMILES string of the molecule is CCCC[C@H]1c2nc[nH]c2CCN1Cc1cccn1-c1ncccn1. The molecule has 130 valence electrons. The van der Waals surface area contributed by atoms with E-state index in [0.29, 0.717) is 6.04 Å². The first kappa shape index (κ1) is 16.0. The fraction of sp³-hybridized carbons (Fsp3) is 0.421. The molecule has 4 rings (SSSR count). The molecule has 25 heavy (non-hydrogen) atoms. The van der Waals surface area contributed by atoms with Crippen LogP contribution in [0.2, 0.25) is 0 Å². The lowest BCUT2D eigenvalue weighted by atomic mass is 9.97. The minimum Gasteiger partial charge on any atom is -0.348 e. The molecule has 1 atom stereocenters. The second-order valence-electron chi connectivity index (χ2n) is 6.56. The number of hydrogen-bond donors (Lipinski definition) is 1. The van der Waals surface area contributed by atoms with Crippen LogP contribution in [-0.4, -0.2) is 35.9 Å². The quantitative estimate of drug-likeness (QED) is 0.750. The molecule has 0 saturated carbocycles. The molecule has 0 amide bonds. The number of unbranched alkanes of at least 4 members (excludes halogenated alkanes) is 1. The Morgan fingerprint density at radius 1 is 1.20 bits per heavy atom. The molecule has 0 saturated heterocycles. The van der Waals surface area contributed by atoms with Gasteiger partial charge < -0.3 is 4.98 Å². The highest BCUT2D eigenvalue weighted by Crippen LogP contribution is 2.32. The summed E-state index contributed by atoms with van der Waals surface area (Å²) in [4.78, 5) is 19.3. The molecule has 1 aliphatic rings. The fourth-order valence-electron chi connectivity index (χ4n) is 3.67. The Morgan fingerprint density at radius 2 is 2.08 bits per heavy atom. The number of aromatic nitrogens is 5. The van der Waals surface area contributed by atoms with E-state index in [1.165, 1.54) is 29.9 Å². The van der Waals surface area contributed by atoms with E-state index >= 15 is 0 Å². The van der Waals surface area contributed by atoms with Crippen LogP contribution in [0.25, 0.3) is 5.95 Å². The Balaban J connectivity index is 1.59. The minimum atomic E-state index is 0.384. The average Bonchev–Trinajstić information content (AvgIpc) is 3.30. The summed E-state index contributed by atoms with van der Waals surface area (Å²) in [7, 11) is 0. The van der Waals surface area contributed by atoms with Gasteiger partial charge in [-0.25, -0.2) is 15.0 Å². The predicted molar refractivity (Wildman–Crippen MR) is 96.3 cm³/mol. The van der Waals surface area contributed by atoms with Gasteiger partial charge in [0.15, 0.2) is 0 Å². The second kappa shape index (κ2) is 7.19. The van der Waals surface area contributed by atoms with Gasteiger partial charge >= 0.3 is 0 Å². The maximum absolute atomic E-state index is 4.62. The van der Waals surface area contributed by atoms with Gasteiger partial charge in [-0.15, -0.1) is 0 Å². The molecule has 0 radical (unpaired) electrons. The van der Waals surface area contributed by atoms with Gasteiger partial charge in [0, 0.05) is 49.5 Å². The molecular formula is C19H24N6. The van der Waals surface area contributed by atoms with Crippen molar-refractivity contribution in [3.05, 3.63) is 60.2 Å². The minimum absolute atomic E-state index is 0.384. The van der Waals surface area contributed by atoms with E-state index in [4.69, 9.17) is 0 Å². The van der Waals surface area contributed by atoms with Crippen molar-refractivity contribution in [3.8, 4) is 5.95 Å². The van der Waals surface area contributed by atoms with Gasteiger partial charge in [0.1, 0.15) is 0 Å². The van der Waals surface area contributed by atoms with E-state index in [1.54, 1.807) is 12.4 Å². The highest BCUT2D eigenvalue weighted by Gasteiger charge is 2.29. The first-order chi connectivity index (χ1) is 12.4. The Morgan fingerprint density at radius 3 is 2.92 bits per heavy atom. The second-order valence-corrected chi connectivity index (χ2v) is 6.56. The fourth-order valence-corrected chi connectivity index (χ4v) is 3.67.